The minimum absolute atomic E-state index is 0.0539. The van der Waals surface area contributed by atoms with Crippen LogP contribution in [-0.4, -0.2) is 37.1 Å². The topological polar surface area (TPSA) is 42.4 Å². The van der Waals surface area contributed by atoms with Gasteiger partial charge in [-0.3, -0.25) is 4.79 Å². The Morgan fingerprint density at radius 3 is 2.94 bits per heavy atom. The van der Waals surface area contributed by atoms with Crippen LogP contribution < -0.4 is 4.90 Å². The highest BCUT2D eigenvalue weighted by atomic mass is 16.5. The highest BCUT2D eigenvalue weighted by Crippen LogP contribution is 2.13. The first kappa shape index (κ1) is 11.1. The Balaban J connectivity index is 2.10. The summed E-state index contributed by atoms with van der Waals surface area (Å²) in [5.74, 6) is 0.980. The molecule has 2 heterocycles. The Hall–Kier alpha value is -1.42. The number of carbonyl (C=O) groups is 1. The van der Waals surface area contributed by atoms with Gasteiger partial charge in [-0.15, -0.1) is 0 Å². The van der Waals surface area contributed by atoms with Gasteiger partial charge in [-0.1, -0.05) is 0 Å². The molecular formula is C12H16N2O2. The van der Waals surface area contributed by atoms with E-state index in [0.29, 0.717) is 5.56 Å². The molecule has 4 heteroatoms. The van der Waals surface area contributed by atoms with Crippen LogP contribution in [0.4, 0.5) is 5.82 Å². The Morgan fingerprint density at radius 1 is 1.38 bits per heavy atom. The van der Waals surface area contributed by atoms with Gasteiger partial charge in [0, 0.05) is 31.5 Å². The fourth-order valence-electron chi connectivity index (χ4n) is 1.76. The summed E-state index contributed by atoms with van der Waals surface area (Å²) in [6.07, 6.45) is 2.67. The maximum absolute atomic E-state index is 11.1. The summed E-state index contributed by atoms with van der Waals surface area (Å²) in [5, 5.41) is 0. The summed E-state index contributed by atoms with van der Waals surface area (Å²) in [7, 11) is 0. The van der Waals surface area contributed by atoms with Gasteiger partial charge >= 0.3 is 0 Å². The molecule has 2 rings (SSSR count). The Morgan fingerprint density at radius 2 is 2.25 bits per heavy atom. The van der Waals surface area contributed by atoms with E-state index in [-0.39, 0.29) is 5.78 Å². The zero-order chi connectivity index (χ0) is 11.4. The number of anilines is 1. The van der Waals surface area contributed by atoms with Crippen molar-refractivity contribution in [1.29, 1.82) is 0 Å². The number of nitrogens with zero attached hydrogens (tertiary/aromatic N) is 2. The lowest BCUT2D eigenvalue weighted by Crippen LogP contribution is -2.26. The summed E-state index contributed by atoms with van der Waals surface area (Å²) in [4.78, 5) is 17.6. The van der Waals surface area contributed by atoms with Gasteiger partial charge in [0.1, 0.15) is 5.82 Å². The second kappa shape index (κ2) is 5.07. The molecule has 0 radical (unpaired) electrons. The Labute approximate surface area is 95.2 Å². The Kier molecular flexibility index (Phi) is 3.51. The third-order valence-corrected chi connectivity index (χ3v) is 2.70. The molecule has 0 aliphatic carbocycles. The van der Waals surface area contributed by atoms with Crippen molar-refractivity contribution < 1.29 is 9.53 Å². The monoisotopic (exact) mass is 220 g/mol. The van der Waals surface area contributed by atoms with Crippen LogP contribution in [0.1, 0.15) is 23.7 Å². The molecule has 1 fully saturated rings. The lowest BCUT2D eigenvalue weighted by atomic mass is 10.2. The van der Waals surface area contributed by atoms with E-state index in [1.54, 1.807) is 13.1 Å². The van der Waals surface area contributed by atoms with Crippen molar-refractivity contribution in [3.63, 3.8) is 0 Å². The largest absolute Gasteiger partial charge is 0.380 e. The fraction of sp³-hybridized carbons (Fsp3) is 0.500. The number of pyridine rings is 1. The van der Waals surface area contributed by atoms with E-state index < -0.39 is 0 Å². The predicted octanol–water partition coefficient (Wildman–Crippen LogP) is 1.51. The van der Waals surface area contributed by atoms with Crippen molar-refractivity contribution in [3.8, 4) is 0 Å². The number of carbonyl (C=O) groups excluding carboxylic acids is 1. The van der Waals surface area contributed by atoms with Crippen molar-refractivity contribution in [1.82, 2.24) is 4.98 Å². The standard InChI is InChI=1S/C12H16N2O2/c1-10(15)11-3-4-12(13-9-11)14-5-2-7-16-8-6-14/h3-4,9H,2,5-8H2,1H3. The number of Topliss-reactive ketones (excluding diaryl/α,β-unsaturated/α-hetero) is 1. The molecule has 0 bridgehead atoms. The van der Waals surface area contributed by atoms with Crippen LogP contribution in [0.3, 0.4) is 0 Å². The van der Waals surface area contributed by atoms with E-state index in [1.807, 2.05) is 12.1 Å². The second-order valence-electron chi connectivity index (χ2n) is 3.91. The molecule has 0 amide bonds. The first-order chi connectivity index (χ1) is 7.77. The van der Waals surface area contributed by atoms with E-state index in [2.05, 4.69) is 9.88 Å². The second-order valence-corrected chi connectivity index (χ2v) is 3.91. The molecule has 1 aliphatic heterocycles. The van der Waals surface area contributed by atoms with Gasteiger partial charge in [0.2, 0.25) is 0 Å². The molecule has 1 aliphatic rings. The van der Waals surface area contributed by atoms with Gasteiger partial charge in [0.15, 0.2) is 5.78 Å². The molecule has 0 aromatic carbocycles. The highest BCUT2D eigenvalue weighted by Gasteiger charge is 2.11. The summed E-state index contributed by atoms with van der Waals surface area (Å²) in [5.41, 5.74) is 0.662. The number of aromatic nitrogens is 1. The minimum Gasteiger partial charge on any atom is -0.380 e. The number of ketones is 1. The maximum atomic E-state index is 11.1. The van der Waals surface area contributed by atoms with Crippen LogP contribution in [0, 0.1) is 0 Å². The summed E-state index contributed by atoms with van der Waals surface area (Å²) < 4.78 is 5.38. The molecule has 0 saturated carbocycles. The van der Waals surface area contributed by atoms with Crippen LogP contribution in [0.2, 0.25) is 0 Å². The van der Waals surface area contributed by atoms with Gasteiger partial charge in [0.25, 0.3) is 0 Å². The van der Waals surface area contributed by atoms with Gasteiger partial charge in [-0.05, 0) is 25.5 Å². The SMILES string of the molecule is CC(=O)c1ccc(N2CCCOCC2)nc1. The van der Waals surface area contributed by atoms with Gasteiger partial charge in [0.05, 0.1) is 6.61 Å². The summed E-state index contributed by atoms with van der Waals surface area (Å²) in [6, 6.07) is 3.73. The first-order valence-corrected chi connectivity index (χ1v) is 5.57. The van der Waals surface area contributed by atoms with Crippen molar-refractivity contribution in [2.24, 2.45) is 0 Å². The molecule has 0 unspecified atom stereocenters. The quantitative estimate of drug-likeness (QED) is 0.708. The van der Waals surface area contributed by atoms with Crippen LogP contribution in [0.15, 0.2) is 18.3 Å². The van der Waals surface area contributed by atoms with Gasteiger partial charge in [-0.25, -0.2) is 4.98 Å². The maximum Gasteiger partial charge on any atom is 0.161 e. The molecule has 1 aromatic rings. The molecular weight excluding hydrogens is 204 g/mol. The number of hydrogen-bond donors (Lipinski definition) is 0. The lowest BCUT2D eigenvalue weighted by molar-refractivity contribution is 0.101. The zero-order valence-corrected chi connectivity index (χ0v) is 9.48. The van der Waals surface area contributed by atoms with Crippen molar-refractivity contribution >= 4 is 11.6 Å². The molecule has 16 heavy (non-hydrogen) atoms. The fourth-order valence-corrected chi connectivity index (χ4v) is 1.76. The molecule has 1 saturated heterocycles. The number of rotatable bonds is 2. The smallest absolute Gasteiger partial charge is 0.161 e. The predicted molar refractivity (Wildman–Crippen MR) is 61.9 cm³/mol. The Bertz CT molecular complexity index is 354. The van der Waals surface area contributed by atoms with Crippen LogP contribution in [-0.2, 0) is 4.74 Å². The van der Waals surface area contributed by atoms with Crippen LogP contribution in [0.5, 0.6) is 0 Å². The zero-order valence-electron chi connectivity index (χ0n) is 9.48. The summed E-state index contributed by atoms with van der Waals surface area (Å²) in [6.45, 7) is 4.95. The average Bonchev–Trinajstić information content (AvgIpc) is 2.57. The molecule has 4 nitrogen and oxygen atoms in total. The van der Waals surface area contributed by atoms with E-state index >= 15 is 0 Å². The molecule has 1 aromatic heterocycles. The third kappa shape index (κ3) is 2.58. The molecule has 86 valence electrons. The van der Waals surface area contributed by atoms with Crippen molar-refractivity contribution in [3.05, 3.63) is 23.9 Å². The van der Waals surface area contributed by atoms with Crippen LogP contribution in [0.25, 0.3) is 0 Å². The lowest BCUT2D eigenvalue weighted by Gasteiger charge is -2.20. The van der Waals surface area contributed by atoms with Gasteiger partial charge in [-0.2, -0.15) is 0 Å². The van der Waals surface area contributed by atoms with E-state index in [4.69, 9.17) is 4.74 Å². The van der Waals surface area contributed by atoms with Crippen molar-refractivity contribution in [2.45, 2.75) is 13.3 Å². The van der Waals surface area contributed by atoms with E-state index in [9.17, 15) is 4.79 Å². The van der Waals surface area contributed by atoms with E-state index in [0.717, 1.165) is 38.5 Å². The van der Waals surface area contributed by atoms with E-state index in [1.165, 1.54) is 0 Å². The normalized spacial score (nSPS) is 16.9. The van der Waals surface area contributed by atoms with Crippen LogP contribution >= 0.6 is 0 Å². The molecule has 0 N–H and O–H groups in total. The molecule has 0 spiro atoms. The third-order valence-electron chi connectivity index (χ3n) is 2.70. The summed E-state index contributed by atoms with van der Waals surface area (Å²) >= 11 is 0. The minimum atomic E-state index is 0.0539. The van der Waals surface area contributed by atoms with Crippen molar-refractivity contribution in [2.75, 3.05) is 31.2 Å². The highest BCUT2D eigenvalue weighted by molar-refractivity contribution is 5.93. The number of ether oxygens (including phenoxy) is 1. The first-order valence-electron chi connectivity index (χ1n) is 5.57. The molecule has 0 atom stereocenters. The average molecular weight is 220 g/mol. The van der Waals surface area contributed by atoms with Gasteiger partial charge < -0.3 is 9.64 Å². The number of hydrogen-bond acceptors (Lipinski definition) is 4.